The molecule has 3 aromatic rings. The lowest BCUT2D eigenvalue weighted by molar-refractivity contribution is -0.134. The zero-order valence-electron chi connectivity index (χ0n) is 22.2. The lowest BCUT2D eigenvalue weighted by Gasteiger charge is -2.34. The highest BCUT2D eigenvalue weighted by Crippen LogP contribution is 2.39. The van der Waals surface area contributed by atoms with Crippen LogP contribution in [0.1, 0.15) is 103 Å². The summed E-state index contributed by atoms with van der Waals surface area (Å²) in [6.45, 7) is 5.95. The van der Waals surface area contributed by atoms with Crippen molar-refractivity contribution in [1.82, 2.24) is 24.6 Å². The zero-order chi connectivity index (χ0) is 24.9. The standard InChI is InChI=1S/C30H43N5O/c1-3-8-22-11-13-23(14-12-22)30-33-27-16-15-24(25-20-31-32-21-25)19-28(27)35(30)18-17-29(36)34(4-2)26-9-6-5-7-10-26/h15-16,19-23,26H,3-14,17-18H2,1-2H3,(H,31,32)/t22-,23-. The van der Waals surface area contributed by atoms with E-state index in [2.05, 4.69) is 51.7 Å². The Hall–Kier alpha value is -2.63. The van der Waals surface area contributed by atoms with Crippen molar-refractivity contribution in [2.24, 2.45) is 5.92 Å². The molecule has 6 heteroatoms. The van der Waals surface area contributed by atoms with Gasteiger partial charge in [0.25, 0.3) is 0 Å². The number of fused-ring (bicyclic) bond motifs is 1. The summed E-state index contributed by atoms with van der Waals surface area (Å²) in [7, 11) is 0. The summed E-state index contributed by atoms with van der Waals surface area (Å²) in [5.41, 5.74) is 4.41. The Balaban J connectivity index is 1.41. The molecule has 0 spiro atoms. The fraction of sp³-hybridized carbons (Fsp3) is 0.633. The van der Waals surface area contributed by atoms with E-state index >= 15 is 0 Å². The number of aromatic amines is 1. The minimum Gasteiger partial charge on any atom is -0.340 e. The van der Waals surface area contributed by atoms with Crippen LogP contribution in [0.25, 0.3) is 22.2 Å². The third-order valence-electron chi connectivity index (χ3n) is 8.74. The van der Waals surface area contributed by atoms with E-state index in [1.807, 2.05) is 12.4 Å². The van der Waals surface area contributed by atoms with E-state index in [-0.39, 0.29) is 0 Å². The number of amides is 1. The monoisotopic (exact) mass is 489 g/mol. The second-order valence-corrected chi connectivity index (χ2v) is 11.0. The van der Waals surface area contributed by atoms with Crippen LogP contribution < -0.4 is 0 Å². The Labute approximate surface area is 215 Å². The Kier molecular flexibility index (Phi) is 8.08. The Morgan fingerprint density at radius 3 is 2.56 bits per heavy atom. The van der Waals surface area contributed by atoms with Crippen LogP contribution in [-0.2, 0) is 11.3 Å². The van der Waals surface area contributed by atoms with Gasteiger partial charge in [-0.2, -0.15) is 5.10 Å². The second kappa shape index (κ2) is 11.6. The van der Waals surface area contributed by atoms with Crippen LogP contribution in [0.2, 0.25) is 0 Å². The molecule has 2 fully saturated rings. The quantitative estimate of drug-likeness (QED) is 0.349. The molecule has 0 aliphatic heterocycles. The van der Waals surface area contributed by atoms with Gasteiger partial charge < -0.3 is 9.47 Å². The Morgan fingerprint density at radius 2 is 1.86 bits per heavy atom. The van der Waals surface area contributed by atoms with Crippen molar-refractivity contribution in [2.75, 3.05) is 6.54 Å². The number of aromatic nitrogens is 4. The van der Waals surface area contributed by atoms with Crippen LogP contribution in [0.5, 0.6) is 0 Å². The lowest BCUT2D eigenvalue weighted by atomic mass is 9.79. The first-order chi connectivity index (χ1) is 17.7. The third kappa shape index (κ3) is 5.37. The van der Waals surface area contributed by atoms with E-state index < -0.39 is 0 Å². The van der Waals surface area contributed by atoms with Crippen molar-refractivity contribution in [3.8, 4) is 11.1 Å². The number of aryl methyl sites for hydroxylation is 1. The highest BCUT2D eigenvalue weighted by atomic mass is 16.2. The van der Waals surface area contributed by atoms with Crippen molar-refractivity contribution in [2.45, 2.75) is 109 Å². The summed E-state index contributed by atoms with van der Waals surface area (Å²) in [5, 5.41) is 7.07. The van der Waals surface area contributed by atoms with E-state index in [1.165, 1.54) is 63.6 Å². The molecule has 2 aliphatic rings. The highest BCUT2D eigenvalue weighted by Gasteiger charge is 2.28. The predicted molar refractivity (Wildman–Crippen MR) is 146 cm³/mol. The first-order valence-electron chi connectivity index (χ1n) is 14.5. The van der Waals surface area contributed by atoms with E-state index in [4.69, 9.17) is 4.98 Å². The average molecular weight is 490 g/mol. The van der Waals surface area contributed by atoms with Crippen molar-refractivity contribution >= 4 is 16.9 Å². The normalized spacial score (nSPS) is 21.2. The number of nitrogens with one attached hydrogen (secondary N) is 1. The number of benzene rings is 1. The van der Waals surface area contributed by atoms with Gasteiger partial charge in [0.15, 0.2) is 0 Å². The smallest absolute Gasteiger partial charge is 0.224 e. The van der Waals surface area contributed by atoms with Crippen LogP contribution in [0.4, 0.5) is 0 Å². The third-order valence-corrected chi connectivity index (χ3v) is 8.74. The highest BCUT2D eigenvalue weighted by molar-refractivity contribution is 5.83. The van der Waals surface area contributed by atoms with Crippen LogP contribution >= 0.6 is 0 Å². The van der Waals surface area contributed by atoms with Crippen molar-refractivity contribution in [3.05, 3.63) is 36.4 Å². The summed E-state index contributed by atoms with van der Waals surface area (Å²) >= 11 is 0. The molecule has 36 heavy (non-hydrogen) atoms. The molecule has 194 valence electrons. The van der Waals surface area contributed by atoms with Gasteiger partial charge in [0.2, 0.25) is 5.91 Å². The van der Waals surface area contributed by atoms with E-state index in [0.717, 1.165) is 47.5 Å². The van der Waals surface area contributed by atoms with Gasteiger partial charge in [0, 0.05) is 43.2 Å². The molecule has 0 saturated heterocycles. The molecule has 1 amide bonds. The molecule has 1 N–H and O–H groups in total. The Bertz CT molecular complexity index is 1120. The summed E-state index contributed by atoms with van der Waals surface area (Å²) in [6.07, 6.45) is 18.1. The second-order valence-electron chi connectivity index (χ2n) is 11.0. The minimum absolute atomic E-state index is 0.301. The number of H-pyrrole nitrogens is 1. The minimum atomic E-state index is 0.301. The van der Waals surface area contributed by atoms with E-state index in [0.29, 0.717) is 30.8 Å². The number of carbonyl (C=O) groups is 1. The van der Waals surface area contributed by atoms with Gasteiger partial charge in [0.05, 0.1) is 17.2 Å². The van der Waals surface area contributed by atoms with Crippen molar-refractivity contribution in [3.63, 3.8) is 0 Å². The van der Waals surface area contributed by atoms with Crippen LogP contribution in [0, 0.1) is 5.92 Å². The first-order valence-corrected chi connectivity index (χ1v) is 14.5. The molecule has 2 aliphatic carbocycles. The first kappa shape index (κ1) is 25.0. The van der Waals surface area contributed by atoms with Crippen LogP contribution in [0.15, 0.2) is 30.6 Å². The molecule has 1 aromatic carbocycles. The molecular weight excluding hydrogens is 446 g/mol. The van der Waals surface area contributed by atoms with Crippen LogP contribution in [-0.4, -0.2) is 43.1 Å². The molecular formula is C30H43N5O. The fourth-order valence-electron chi connectivity index (χ4n) is 6.78. The number of hydrogen-bond donors (Lipinski definition) is 1. The van der Waals surface area contributed by atoms with Gasteiger partial charge in [-0.1, -0.05) is 45.1 Å². The molecule has 2 saturated carbocycles. The largest absolute Gasteiger partial charge is 0.340 e. The summed E-state index contributed by atoms with van der Waals surface area (Å²) in [5.74, 6) is 2.85. The van der Waals surface area contributed by atoms with E-state index in [1.54, 1.807) is 0 Å². The Morgan fingerprint density at radius 1 is 1.06 bits per heavy atom. The number of imidazole rings is 1. The molecule has 5 rings (SSSR count). The molecule has 0 atom stereocenters. The van der Waals surface area contributed by atoms with Gasteiger partial charge in [-0.3, -0.25) is 9.89 Å². The van der Waals surface area contributed by atoms with Gasteiger partial charge in [-0.25, -0.2) is 4.98 Å². The topological polar surface area (TPSA) is 66.8 Å². The maximum atomic E-state index is 13.4. The zero-order valence-corrected chi connectivity index (χ0v) is 22.2. The number of rotatable bonds is 9. The molecule has 2 aromatic heterocycles. The van der Waals surface area contributed by atoms with Crippen molar-refractivity contribution in [1.29, 1.82) is 0 Å². The van der Waals surface area contributed by atoms with Gasteiger partial charge in [0.1, 0.15) is 5.82 Å². The van der Waals surface area contributed by atoms with Crippen molar-refractivity contribution < 1.29 is 4.79 Å². The SMILES string of the molecule is CCC[C@H]1CC[C@H](c2nc3ccc(-c4cn[nH]c4)cc3n2CCC(=O)N(CC)C2CCCCC2)CC1. The molecule has 0 unspecified atom stereocenters. The molecule has 0 radical (unpaired) electrons. The number of carbonyl (C=O) groups excluding carboxylic acids is 1. The summed E-state index contributed by atoms with van der Waals surface area (Å²) in [6, 6.07) is 6.95. The maximum absolute atomic E-state index is 13.4. The maximum Gasteiger partial charge on any atom is 0.224 e. The predicted octanol–water partition coefficient (Wildman–Crippen LogP) is 7.07. The van der Waals surface area contributed by atoms with Crippen LogP contribution in [0.3, 0.4) is 0 Å². The number of nitrogens with zero attached hydrogens (tertiary/aromatic N) is 4. The van der Waals surface area contributed by atoms with Gasteiger partial charge >= 0.3 is 0 Å². The summed E-state index contributed by atoms with van der Waals surface area (Å²) < 4.78 is 2.39. The van der Waals surface area contributed by atoms with E-state index in [9.17, 15) is 4.79 Å². The van der Waals surface area contributed by atoms with Gasteiger partial charge in [-0.15, -0.1) is 0 Å². The number of hydrogen-bond acceptors (Lipinski definition) is 3. The average Bonchev–Trinajstić information content (AvgIpc) is 3.57. The lowest BCUT2D eigenvalue weighted by Crippen LogP contribution is -2.41. The summed E-state index contributed by atoms with van der Waals surface area (Å²) in [4.78, 5) is 20.8. The molecule has 6 nitrogen and oxygen atoms in total. The molecule has 2 heterocycles. The fourth-order valence-corrected chi connectivity index (χ4v) is 6.78. The van der Waals surface area contributed by atoms with Gasteiger partial charge in [-0.05, 0) is 69.1 Å². The molecule has 0 bridgehead atoms.